The number of hydrogen-bond donors (Lipinski definition) is 0. The van der Waals surface area contributed by atoms with Crippen LogP contribution in [0.3, 0.4) is 0 Å². The van der Waals surface area contributed by atoms with Gasteiger partial charge in [-0.3, -0.25) is 4.79 Å². The first-order chi connectivity index (χ1) is 9.25. The van der Waals surface area contributed by atoms with Gasteiger partial charge in [0.1, 0.15) is 0 Å². The number of para-hydroxylation sites is 1. The molecule has 0 spiro atoms. The van der Waals surface area contributed by atoms with Crippen molar-refractivity contribution in [2.75, 3.05) is 5.01 Å². The predicted octanol–water partition coefficient (Wildman–Crippen LogP) is 3.48. The van der Waals surface area contributed by atoms with Crippen LogP contribution < -0.4 is 5.01 Å². The second-order valence-electron chi connectivity index (χ2n) is 4.24. The lowest BCUT2D eigenvalue weighted by atomic mass is 10.1. The van der Waals surface area contributed by atoms with Crippen LogP contribution in [0.1, 0.15) is 12.0 Å². The van der Waals surface area contributed by atoms with Crippen LogP contribution in [-0.4, -0.2) is 11.6 Å². The summed E-state index contributed by atoms with van der Waals surface area (Å²) >= 11 is 6.14. The van der Waals surface area contributed by atoms with E-state index in [0.29, 0.717) is 10.7 Å². The van der Waals surface area contributed by atoms with E-state index in [1.807, 2.05) is 48.5 Å². The van der Waals surface area contributed by atoms with Crippen molar-refractivity contribution in [3.05, 3.63) is 65.2 Å². The molecule has 0 aliphatic carbocycles. The van der Waals surface area contributed by atoms with E-state index in [4.69, 9.17) is 11.6 Å². The third kappa shape index (κ3) is 2.25. The Kier molecular flexibility index (Phi) is 3.05. The normalized spacial score (nSPS) is 14.7. The summed E-state index contributed by atoms with van der Waals surface area (Å²) in [4.78, 5) is 12.0. The van der Waals surface area contributed by atoms with Gasteiger partial charge >= 0.3 is 0 Å². The molecule has 0 N–H and O–H groups in total. The lowest BCUT2D eigenvalue weighted by Crippen LogP contribution is -2.19. The Morgan fingerprint density at radius 2 is 1.68 bits per heavy atom. The molecule has 0 bridgehead atoms. The van der Waals surface area contributed by atoms with Gasteiger partial charge in [0.25, 0.3) is 5.91 Å². The molecule has 2 aromatic rings. The molecule has 1 aliphatic rings. The zero-order chi connectivity index (χ0) is 13.2. The van der Waals surface area contributed by atoms with Gasteiger partial charge in [-0.25, -0.2) is 5.01 Å². The van der Waals surface area contributed by atoms with Crippen molar-refractivity contribution in [1.82, 2.24) is 0 Å². The van der Waals surface area contributed by atoms with Gasteiger partial charge in [-0.05, 0) is 18.2 Å². The molecule has 0 atom stereocenters. The first kappa shape index (κ1) is 11.9. The van der Waals surface area contributed by atoms with Crippen molar-refractivity contribution < 1.29 is 4.79 Å². The molecule has 4 heteroatoms. The van der Waals surface area contributed by atoms with E-state index in [2.05, 4.69) is 5.10 Å². The van der Waals surface area contributed by atoms with Gasteiger partial charge in [0.05, 0.1) is 17.8 Å². The minimum Gasteiger partial charge on any atom is -0.272 e. The van der Waals surface area contributed by atoms with E-state index in [1.54, 1.807) is 6.07 Å². The molecule has 19 heavy (non-hydrogen) atoms. The standard InChI is InChI=1S/C15H11ClN2O/c16-13-9-5-4-8-12(13)14-10-15(19)18(17-14)11-6-2-1-3-7-11/h1-9H,10H2. The Hall–Kier alpha value is -2.13. The second-order valence-corrected chi connectivity index (χ2v) is 4.65. The quantitative estimate of drug-likeness (QED) is 0.822. The van der Waals surface area contributed by atoms with Crippen LogP contribution in [0.4, 0.5) is 5.69 Å². The topological polar surface area (TPSA) is 32.7 Å². The van der Waals surface area contributed by atoms with Gasteiger partial charge in [0.2, 0.25) is 0 Å². The van der Waals surface area contributed by atoms with Crippen LogP contribution in [-0.2, 0) is 4.79 Å². The monoisotopic (exact) mass is 270 g/mol. The number of hydrazone groups is 1. The highest BCUT2D eigenvalue weighted by Gasteiger charge is 2.26. The number of halogens is 1. The highest BCUT2D eigenvalue weighted by Crippen LogP contribution is 2.25. The summed E-state index contributed by atoms with van der Waals surface area (Å²) in [6.07, 6.45) is 0.276. The molecule has 0 saturated carbocycles. The fourth-order valence-corrected chi connectivity index (χ4v) is 2.29. The molecule has 0 saturated heterocycles. The molecule has 3 rings (SSSR count). The summed E-state index contributed by atoms with van der Waals surface area (Å²) in [6.45, 7) is 0. The Bertz CT molecular complexity index is 652. The van der Waals surface area contributed by atoms with E-state index in [0.717, 1.165) is 11.3 Å². The third-order valence-corrected chi connectivity index (χ3v) is 3.29. The van der Waals surface area contributed by atoms with Crippen LogP contribution >= 0.6 is 11.6 Å². The van der Waals surface area contributed by atoms with E-state index in [1.165, 1.54) is 5.01 Å². The number of carbonyl (C=O) groups is 1. The average Bonchev–Trinajstić information content (AvgIpc) is 2.82. The van der Waals surface area contributed by atoms with Crippen molar-refractivity contribution in [3.63, 3.8) is 0 Å². The molecule has 94 valence electrons. The Balaban J connectivity index is 1.99. The maximum absolute atomic E-state index is 12.0. The van der Waals surface area contributed by atoms with E-state index < -0.39 is 0 Å². The highest BCUT2D eigenvalue weighted by atomic mass is 35.5. The minimum atomic E-state index is -0.0406. The van der Waals surface area contributed by atoms with E-state index in [9.17, 15) is 4.79 Å². The first-order valence-corrected chi connectivity index (χ1v) is 6.34. The highest BCUT2D eigenvalue weighted by molar-refractivity contribution is 6.35. The minimum absolute atomic E-state index is 0.0406. The molecule has 0 aromatic heterocycles. The van der Waals surface area contributed by atoms with Gasteiger partial charge in [-0.15, -0.1) is 0 Å². The molecule has 0 radical (unpaired) electrons. The molecule has 3 nitrogen and oxygen atoms in total. The number of anilines is 1. The molecule has 0 fully saturated rings. The lowest BCUT2D eigenvalue weighted by molar-refractivity contribution is -0.116. The smallest absolute Gasteiger partial charge is 0.253 e. The molecule has 1 amide bonds. The molecule has 1 heterocycles. The van der Waals surface area contributed by atoms with Crippen LogP contribution in [0, 0.1) is 0 Å². The maximum atomic E-state index is 12.0. The van der Waals surface area contributed by atoms with Crippen LogP contribution in [0.15, 0.2) is 59.7 Å². The number of benzene rings is 2. The fraction of sp³-hybridized carbons (Fsp3) is 0.0667. The summed E-state index contributed by atoms with van der Waals surface area (Å²) in [5.74, 6) is -0.0406. The predicted molar refractivity (Wildman–Crippen MR) is 76.5 cm³/mol. The summed E-state index contributed by atoms with van der Waals surface area (Å²) < 4.78 is 0. The van der Waals surface area contributed by atoms with Crippen LogP contribution in [0.5, 0.6) is 0 Å². The maximum Gasteiger partial charge on any atom is 0.253 e. The molecular weight excluding hydrogens is 260 g/mol. The SMILES string of the molecule is O=C1CC(c2ccccc2Cl)=NN1c1ccccc1. The van der Waals surface area contributed by atoms with Gasteiger partial charge < -0.3 is 0 Å². The third-order valence-electron chi connectivity index (χ3n) is 2.96. The summed E-state index contributed by atoms with van der Waals surface area (Å²) in [5, 5.41) is 6.43. The molecular formula is C15H11ClN2O. The second kappa shape index (κ2) is 4.86. The summed E-state index contributed by atoms with van der Waals surface area (Å²) in [6, 6.07) is 16.8. The van der Waals surface area contributed by atoms with Gasteiger partial charge in [0, 0.05) is 10.6 Å². The number of rotatable bonds is 2. The van der Waals surface area contributed by atoms with Crippen LogP contribution in [0.25, 0.3) is 0 Å². The number of nitrogens with zero attached hydrogens (tertiary/aromatic N) is 2. The number of amides is 1. The number of carbonyl (C=O) groups excluding carboxylic acids is 1. The van der Waals surface area contributed by atoms with Gasteiger partial charge in [-0.1, -0.05) is 48.0 Å². The Morgan fingerprint density at radius 3 is 2.42 bits per heavy atom. The van der Waals surface area contributed by atoms with Crippen molar-refractivity contribution >= 4 is 28.9 Å². The van der Waals surface area contributed by atoms with E-state index in [-0.39, 0.29) is 12.3 Å². The Morgan fingerprint density at radius 1 is 1.00 bits per heavy atom. The van der Waals surface area contributed by atoms with Gasteiger partial charge in [-0.2, -0.15) is 5.10 Å². The molecule has 1 aliphatic heterocycles. The fourth-order valence-electron chi connectivity index (χ4n) is 2.05. The molecule has 0 unspecified atom stereocenters. The average molecular weight is 271 g/mol. The summed E-state index contributed by atoms with van der Waals surface area (Å²) in [5.41, 5.74) is 2.30. The molecule has 2 aromatic carbocycles. The van der Waals surface area contributed by atoms with Gasteiger partial charge in [0.15, 0.2) is 0 Å². The number of hydrogen-bond acceptors (Lipinski definition) is 2. The van der Waals surface area contributed by atoms with Crippen molar-refractivity contribution in [2.24, 2.45) is 5.10 Å². The van der Waals surface area contributed by atoms with E-state index >= 15 is 0 Å². The lowest BCUT2D eigenvalue weighted by Gasteiger charge is -2.10. The first-order valence-electron chi connectivity index (χ1n) is 5.96. The van der Waals surface area contributed by atoms with Crippen molar-refractivity contribution in [1.29, 1.82) is 0 Å². The Labute approximate surface area is 116 Å². The largest absolute Gasteiger partial charge is 0.272 e. The van der Waals surface area contributed by atoms with Crippen LogP contribution in [0.2, 0.25) is 5.02 Å². The summed E-state index contributed by atoms with van der Waals surface area (Å²) in [7, 11) is 0. The zero-order valence-electron chi connectivity index (χ0n) is 10.1. The van der Waals surface area contributed by atoms with Crippen molar-refractivity contribution in [3.8, 4) is 0 Å². The zero-order valence-corrected chi connectivity index (χ0v) is 10.8. The van der Waals surface area contributed by atoms with Crippen molar-refractivity contribution in [2.45, 2.75) is 6.42 Å².